The monoisotopic (exact) mass is 314 g/mol. The second-order valence-corrected chi connectivity index (χ2v) is 5.75. The number of pyridine rings is 1. The van der Waals surface area contributed by atoms with E-state index in [0.717, 1.165) is 10.2 Å². The molecule has 0 unspecified atom stereocenters. The molecule has 0 atom stereocenters. The van der Waals surface area contributed by atoms with Crippen molar-refractivity contribution in [2.75, 3.05) is 0 Å². The molecule has 90 valence electrons. The summed E-state index contributed by atoms with van der Waals surface area (Å²) in [5.74, 6) is 0. The van der Waals surface area contributed by atoms with Crippen LogP contribution in [0.15, 0.2) is 30.5 Å². The summed E-state index contributed by atoms with van der Waals surface area (Å²) < 4.78 is 0.923. The first kappa shape index (κ1) is 12.2. The maximum Gasteiger partial charge on any atom is 0.144 e. The SMILES string of the molecule is Clc1ccnc(-c2nc3cccc(Cl)c3s2)c1Cl. The molecule has 2 aromatic heterocycles. The fourth-order valence-electron chi connectivity index (χ4n) is 1.59. The molecule has 3 rings (SSSR count). The van der Waals surface area contributed by atoms with E-state index in [1.807, 2.05) is 18.2 Å². The number of halogens is 3. The first-order chi connectivity index (χ1) is 8.66. The zero-order valence-corrected chi connectivity index (χ0v) is 11.9. The Balaban J connectivity index is 2.26. The molecule has 6 heteroatoms. The van der Waals surface area contributed by atoms with Crippen LogP contribution in [0.5, 0.6) is 0 Å². The highest BCUT2D eigenvalue weighted by atomic mass is 35.5. The third kappa shape index (κ3) is 1.97. The molecule has 0 radical (unpaired) electrons. The van der Waals surface area contributed by atoms with Crippen LogP contribution in [0.4, 0.5) is 0 Å². The van der Waals surface area contributed by atoms with Gasteiger partial charge in [0.1, 0.15) is 10.7 Å². The van der Waals surface area contributed by atoms with E-state index < -0.39 is 0 Å². The van der Waals surface area contributed by atoms with Gasteiger partial charge in [0.2, 0.25) is 0 Å². The predicted octanol–water partition coefficient (Wildman–Crippen LogP) is 5.32. The van der Waals surface area contributed by atoms with Crippen LogP contribution >= 0.6 is 46.1 Å². The molecule has 18 heavy (non-hydrogen) atoms. The van der Waals surface area contributed by atoms with Gasteiger partial charge in [-0.15, -0.1) is 11.3 Å². The minimum Gasteiger partial charge on any atom is -0.252 e. The summed E-state index contributed by atoms with van der Waals surface area (Å²) in [7, 11) is 0. The summed E-state index contributed by atoms with van der Waals surface area (Å²) in [6.45, 7) is 0. The number of fused-ring (bicyclic) bond motifs is 1. The van der Waals surface area contributed by atoms with Crippen LogP contribution in [0.25, 0.3) is 20.9 Å². The molecular weight excluding hydrogens is 311 g/mol. The number of rotatable bonds is 1. The molecule has 0 aliphatic rings. The molecule has 0 saturated heterocycles. The topological polar surface area (TPSA) is 25.8 Å². The van der Waals surface area contributed by atoms with E-state index in [9.17, 15) is 0 Å². The minimum absolute atomic E-state index is 0.411. The number of aromatic nitrogens is 2. The summed E-state index contributed by atoms with van der Waals surface area (Å²) in [6.07, 6.45) is 1.61. The zero-order chi connectivity index (χ0) is 12.7. The molecule has 0 fully saturated rings. The van der Waals surface area contributed by atoms with Gasteiger partial charge in [0.15, 0.2) is 0 Å². The van der Waals surface area contributed by atoms with Crippen molar-refractivity contribution >= 4 is 56.4 Å². The Morgan fingerprint density at radius 1 is 1.00 bits per heavy atom. The van der Waals surface area contributed by atoms with E-state index in [1.165, 1.54) is 11.3 Å². The van der Waals surface area contributed by atoms with Crippen molar-refractivity contribution in [3.63, 3.8) is 0 Å². The molecule has 0 saturated carbocycles. The lowest BCUT2D eigenvalue weighted by atomic mass is 10.3. The van der Waals surface area contributed by atoms with Gasteiger partial charge in [0, 0.05) is 6.20 Å². The van der Waals surface area contributed by atoms with E-state index in [2.05, 4.69) is 9.97 Å². The Kier molecular flexibility index (Phi) is 3.16. The van der Waals surface area contributed by atoms with Crippen molar-refractivity contribution in [3.8, 4) is 10.7 Å². The standard InChI is InChI=1S/C12H5Cl3N2S/c13-6-4-5-16-10(9(6)15)12-17-8-3-1-2-7(14)11(8)18-12/h1-5H. The van der Waals surface area contributed by atoms with Gasteiger partial charge in [0.05, 0.1) is 25.3 Å². The van der Waals surface area contributed by atoms with Gasteiger partial charge in [-0.1, -0.05) is 40.9 Å². The average Bonchev–Trinajstić information content (AvgIpc) is 2.78. The molecule has 0 bridgehead atoms. The first-order valence-corrected chi connectivity index (χ1v) is 6.97. The van der Waals surface area contributed by atoms with Crippen LogP contribution in [-0.4, -0.2) is 9.97 Å². The number of hydrogen-bond donors (Lipinski definition) is 0. The number of hydrogen-bond acceptors (Lipinski definition) is 3. The van der Waals surface area contributed by atoms with Crippen LogP contribution in [-0.2, 0) is 0 Å². The zero-order valence-electron chi connectivity index (χ0n) is 8.82. The summed E-state index contributed by atoms with van der Waals surface area (Å²) >= 11 is 19.7. The van der Waals surface area contributed by atoms with E-state index in [1.54, 1.807) is 12.3 Å². The van der Waals surface area contributed by atoms with Gasteiger partial charge < -0.3 is 0 Å². The van der Waals surface area contributed by atoms with E-state index >= 15 is 0 Å². The Morgan fingerprint density at radius 3 is 2.61 bits per heavy atom. The molecule has 0 N–H and O–H groups in total. The van der Waals surface area contributed by atoms with E-state index in [-0.39, 0.29) is 0 Å². The molecule has 3 aromatic rings. The molecule has 0 aliphatic heterocycles. The molecule has 2 heterocycles. The van der Waals surface area contributed by atoms with E-state index in [0.29, 0.717) is 25.8 Å². The number of nitrogens with zero attached hydrogens (tertiary/aromatic N) is 2. The average molecular weight is 316 g/mol. The van der Waals surface area contributed by atoms with Gasteiger partial charge in [-0.2, -0.15) is 0 Å². The van der Waals surface area contributed by atoms with Gasteiger partial charge in [-0.05, 0) is 18.2 Å². The predicted molar refractivity (Wildman–Crippen MR) is 77.9 cm³/mol. The summed E-state index contributed by atoms with van der Waals surface area (Å²) in [6, 6.07) is 7.24. The molecule has 0 spiro atoms. The Labute approximate surface area is 122 Å². The van der Waals surface area contributed by atoms with Crippen LogP contribution in [0.3, 0.4) is 0 Å². The lowest BCUT2D eigenvalue weighted by Gasteiger charge is -1.99. The van der Waals surface area contributed by atoms with Crippen molar-refractivity contribution in [1.82, 2.24) is 9.97 Å². The van der Waals surface area contributed by atoms with Crippen LogP contribution < -0.4 is 0 Å². The summed E-state index contributed by atoms with van der Waals surface area (Å²) in [4.78, 5) is 8.70. The lowest BCUT2D eigenvalue weighted by Crippen LogP contribution is -1.84. The summed E-state index contributed by atoms with van der Waals surface area (Å²) in [5.41, 5.74) is 1.42. The maximum atomic E-state index is 6.13. The van der Waals surface area contributed by atoms with Gasteiger partial charge in [-0.3, -0.25) is 4.98 Å². The third-order valence-electron chi connectivity index (χ3n) is 2.41. The molecule has 1 aromatic carbocycles. The van der Waals surface area contributed by atoms with Gasteiger partial charge in [0.25, 0.3) is 0 Å². The second-order valence-electron chi connectivity index (χ2n) is 3.56. The minimum atomic E-state index is 0.411. The van der Waals surface area contributed by atoms with Crippen LogP contribution in [0, 0.1) is 0 Å². The van der Waals surface area contributed by atoms with Crippen molar-refractivity contribution in [2.45, 2.75) is 0 Å². The molecule has 0 aliphatic carbocycles. The lowest BCUT2D eigenvalue weighted by molar-refractivity contribution is 1.31. The first-order valence-electron chi connectivity index (χ1n) is 5.02. The fourth-order valence-corrected chi connectivity index (χ4v) is 3.25. The largest absolute Gasteiger partial charge is 0.252 e. The van der Waals surface area contributed by atoms with Crippen molar-refractivity contribution in [3.05, 3.63) is 45.5 Å². The van der Waals surface area contributed by atoms with Crippen LogP contribution in [0.2, 0.25) is 15.1 Å². The van der Waals surface area contributed by atoms with E-state index in [4.69, 9.17) is 34.8 Å². The smallest absolute Gasteiger partial charge is 0.144 e. The Morgan fingerprint density at radius 2 is 1.83 bits per heavy atom. The molecule has 2 nitrogen and oxygen atoms in total. The molecular formula is C12H5Cl3N2S. The highest BCUT2D eigenvalue weighted by molar-refractivity contribution is 7.22. The Bertz CT molecular complexity index is 739. The van der Waals surface area contributed by atoms with Gasteiger partial charge >= 0.3 is 0 Å². The van der Waals surface area contributed by atoms with Crippen LogP contribution in [0.1, 0.15) is 0 Å². The Hall–Kier alpha value is -0.870. The fraction of sp³-hybridized carbons (Fsp3) is 0. The maximum absolute atomic E-state index is 6.13. The van der Waals surface area contributed by atoms with Crippen molar-refractivity contribution in [1.29, 1.82) is 0 Å². The second kappa shape index (κ2) is 4.67. The quantitative estimate of drug-likeness (QED) is 0.607. The van der Waals surface area contributed by atoms with Crippen molar-refractivity contribution < 1.29 is 0 Å². The number of benzene rings is 1. The third-order valence-corrected chi connectivity index (χ3v) is 4.74. The highest BCUT2D eigenvalue weighted by Gasteiger charge is 2.14. The number of thiazole rings is 1. The summed E-state index contributed by atoms with van der Waals surface area (Å²) in [5, 5.41) is 2.27. The van der Waals surface area contributed by atoms with Gasteiger partial charge in [-0.25, -0.2) is 4.98 Å². The normalized spacial score (nSPS) is 11.1. The van der Waals surface area contributed by atoms with Crippen molar-refractivity contribution in [2.24, 2.45) is 0 Å². The highest BCUT2D eigenvalue weighted by Crippen LogP contribution is 2.37. The molecule has 0 amide bonds.